The molecule has 2 N–H and O–H groups in total. The summed E-state index contributed by atoms with van der Waals surface area (Å²) in [5.41, 5.74) is 0.0893. The quantitative estimate of drug-likeness (QED) is 0.665. The SMILES string of the molecule is Cc1ccc(NC(=O)c2ccccc2NC(=O)C(F)(F)C(F)(F)C(F)(F)F)cc1. The summed E-state index contributed by atoms with van der Waals surface area (Å²) < 4.78 is 89.8. The minimum Gasteiger partial charge on any atom is -0.322 e. The van der Waals surface area contributed by atoms with Crippen LogP contribution in [0.25, 0.3) is 0 Å². The smallest absolute Gasteiger partial charge is 0.322 e. The summed E-state index contributed by atoms with van der Waals surface area (Å²) in [6.45, 7) is 1.79. The molecule has 156 valence electrons. The molecule has 0 aliphatic carbocycles. The number of nitrogens with one attached hydrogen (secondary N) is 2. The van der Waals surface area contributed by atoms with Gasteiger partial charge in [0, 0.05) is 5.69 Å². The maximum atomic E-state index is 13.5. The van der Waals surface area contributed by atoms with Crippen molar-refractivity contribution in [2.45, 2.75) is 24.9 Å². The van der Waals surface area contributed by atoms with Crippen LogP contribution in [0.15, 0.2) is 48.5 Å². The summed E-state index contributed by atoms with van der Waals surface area (Å²) in [5, 5.41) is 3.66. The van der Waals surface area contributed by atoms with Crippen LogP contribution in [0, 0.1) is 6.92 Å². The van der Waals surface area contributed by atoms with Crippen LogP contribution in [-0.2, 0) is 4.79 Å². The number of benzene rings is 2. The van der Waals surface area contributed by atoms with Gasteiger partial charge in [0.05, 0.1) is 11.3 Å². The Morgan fingerprint density at radius 3 is 1.90 bits per heavy atom. The highest BCUT2D eigenvalue weighted by molar-refractivity contribution is 6.10. The van der Waals surface area contributed by atoms with Gasteiger partial charge in [-0.3, -0.25) is 9.59 Å². The van der Waals surface area contributed by atoms with Crippen molar-refractivity contribution < 1.29 is 40.3 Å². The number of carbonyl (C=O) groups is 2. The van der Waals surface area contributed by atoms with Gasteiger partial charge in [0.15, 0.2) is 0 Å². The van der Waals surface area contributed by atoms with Gasteiger partial charge in [0.1, 0.15) is 0 Å². The molecule has 0 aliphatic heterocycles. The first-order chi connectivity index (χ1) is 13.3. The summed E-state index contributed by atoms with van der Waals surface area (Å²) in [6, 6.07) is 10.8. The van der Waals surface area contributed by atoms with E-state index in [1.807, 2.05) is 0 Å². The van der Waals surface area contributed by atoms with Crippen LogP contribution in [0.3, 0.4) is 0 Å². The van der Waals surface area contributed by atoms with Gasteiger partial charge in [-0.05, 0) is 31.2 Å². The maximum absolute atomic E-state index is 13.5. The summed E-state index contributed by atoms with van der Waals surface area (Å²) in [5.74, 6) is -16.5. The van der Waals surface area contributed by atoms with Crippen LogP contribution in [0.1, 0.15) is 15.9 Å². The summed E-state index contributed by atoms with van der Waals surface area (Å²) in [7, 11) is 0. The van der Waals surface area contributed by atoms with Crippen LogP contribution >= 0.6 is 0 Å². The number of halogens is 7. The molecule has 0 fully saturated rings. The van der Waals surface area contributed by atoms with Crippen molar-refractivity contribution in [2.75, 3.05) is 10.6 Å². The van der Waals surface area contributed by atoms with E-state index >= 15 is 0 Å². The highest BCUT2D eigenvalue weighted by Gasteiger charge is 2.76. The first-order valence-corrected chi connectivity index (χ1v) is 7.88. The standard InChI is InChI=1S/C18H13F7N2O2/c1-10-6-8-11(9-7-10)26-14(28)12-4-2-3-5-13(12)27-15(29)16(19,20)17(21,22)18(23,24)25/h2-9H,1H3,(H,26,28)(H,27,29). The lowest BCUT2D eigenvalue weighted by atomic mass is 10.1. The van der Waals surface area contributed by atoms with Gasteiger partial charge in [0.25, 0.3) is 5.91 Å². The van der Waals surface area contributed by atoms with Gasteiger partial charge in [-0.25, -0.2) is 0 Å². The van der Waals surface area contributed by atoms with Gasteiger partial charge >= 0.3 is 23.9 Å². The zero-order valence-corrected chi connectivity index (χ0v) is 14.6. The van der Waals surface area contributed by atoms with Gasteiger partial charge in [0.2, 0.25) is 0 Å². The molecule has 0 aliphatic rings. The molecule has 2 rings (SSSR count). The molecule has 0 radical (unpaired) electrons. The van der Waals surface area contributed by atoms with Gasteiger partial charge in [-0.15, -0.1) is 0 Å². The molecule has 2 amide bonds. The third-order valence-electron chi connectivity index (χ3n) is 3.76. The van der Waals surface area contributed by atoms with E-state index in [1.165, 1.54) is 23.5 Å². The average Bonchev–Trinajstić information content (AvgIpc) is 2.62. The van der Waals surface area contributed by atoms with E-state index in [0.717, 1.165) is 23.8 Å². The molecule has 2 aromatic rings. The first kappa shape index (κ1) is 22.2. The number of carbonyl (C=O) groups excluding carboxylic acids is 2. The monoisotopic (exact) mass is 422 g/mol. The number of alkyl halides is 7. The summed E-state index contributed by atoms with van der Waals surface area (Å²) in [6.07, 6.45) is -6.66. The largest absolute Gasteiger partial charge is 0.460 e. The van der Waals surface area contributed by atoms with Crippen LogP contribution in [0.2, 0.25) is 0 Å². The fraction of sp³-hybridized carbons (Fsp3) is 0.222. The minimum atomic E-state index is -6.66. The molecule has 2 aromatic carbocycles. The van der Waals surface area contributed by atoms with E-state index in [1.54, 1.807) is 19.1 Å². The lowest BCUT2D eigenvalue weighted by Crippen LogP contribution is -2.57. The topological polar surface area (TPSA) is 58.2 Å². The van der Waals surface area contributed by atoms with Crippen LogP contribution < -0.4 is 10.6 Å². The van der Waals surface area contributed by atoms with Crippen LogP contribution in [0.4, 0.5) is 42.1 Å². The van der Waals surface area contributed by atoms with Crippen molar-refractivity contribution in [1.82, 2.24) is 0 Å². The highest BCUT2D eigenvalue weighted by atomic mass is 19.4. The molecule has 0 heterocycles. The van der Waals surface area contributed by atoms with Crippen molar-refractivity contribution in [1.29, 1.82) is 0 Å². The predicted octanol–water partition coefficient (Wildman–Crippen LogP) is 5.02. The fourth-order valence-electron chi connectivity index (χ4n) is 2.15. The molecule has 0 saturated carbocycles. The van der Waals surface area contributed by atoms with Gasteiger partial charge in [-0.2, -0.15) is 30.7 Å². The first-order valence-electron chi connectivity index (χ1n) is 7.88. The number of hydrogen-bond acceptors (Lipinski definition) is 2. The number of para-hydroxylation sites is 1. The lowest BCUT2D eigenvalue weighted by molar-refractivity contribution is -0.343. The van der Waals surface area contributed by atoms with E-state index < -0.39 is 41.1 Å². The Bertz CT molecular complexity index is 909. The Morgan fingerprint density at radius 2 is 1.34 bits per heavy atom. The Morgan fingerprint density at radius 1 is 0.793 bits per heavy atom. The van der Waals surface area contributed by atoms with E-state index in [-0.39, 0.29) is 0 Å². The highest BCUT2D eigenvalue weighted by Crippen LogP contribution is 2.47. The van der Waals surface area contributed by atoms with Crippen LogP contribution in [-0.4, -0.2) is 29.8 Å². The van der Waals surface area contributed by atoms with Crippen molar-refractivity contribution in [3.63, 3.8) is 0 Å². The normalized spacial score (nSPS) is 12.4. The second-order valence-corrected chi connectivity index (χ2v) is 5.97. The molecule has 0 saturated heterocycles. The molecular weight excluding hydrogens is 409 g/mol. The molecule has 4 nitrogen and oxygen atoms in total. The predicted molar refractivity (Wildman–Crippen MR) is 90.2 cm³/mol. The average molecular weight is 422 g/mol. The van der Waals surface area contributed by atoms with E-state index in [4.69, 9.17) is 0 Å². The molecule has 11 heteroatoms. The van der Waals surface area contributed by atoms with Crippen LogP contribution in [0.5, 0.6) is 0 Å². The third-order valence-corrected chi connectivity index (χ3v) is 3.76. The molecule has 0 spiro atoms. The van der Waals surface area contributed by atoms with E-state index in [2.05, 4.69) is 5.32 Å². The Kier molecular flexibility index (Phi) is 5.91. The Hall–Kier alpha value is -3.11. The Balaban J connectivity index is 2.27. The molecule has 0 bridgehead atoms. The van der Waals surface area contributed by atoms with Crippen molar-refractivity contribution in [3.8, 4) is 0 Å². The second kappa shape index (κ2) is 7.72. The number of aryl methyl sites for hydroxylation is 1. The minimum absolute atomic E-state index is 0.302. The molecule has 0 aromatic heterocycles. The zero-order chi connectivity index (χ0) is 22.0. The number of anilines is 2. The Labute approximate surface area is 159 Å². The van der Waals surface area contributed by atoms with Crippen molar-refractivity contribution >= 4 is 23.2 Å². The molecule has 0 unspecified atom stereocenters. The molecule has 0 atom stereocenters. The molecular formula is C18H13F7N2O2. The maximum Gasteiger partial charge on any atom is 0.460 e. The van der Waals surface area contributed by atoms with E-state index in [9.17, 15) is 40.3 Å². The lowest BCUT2D eigenvalue weighted by Gasteiger charge is -2.27. The third kappa shape index (κ3) is 4.49. The molecule has 29 heavy (non-hydrogen) atoms. The number of hydrogen-bond donors (Lipinski definition) is 2. The fourth-order valence-corrected chi connectivity index (χ4v) is 2.15. The van der Waals surface area contributed by atoms with Gasteiger partial charge < -0.3 is 10.6 Å². The summed E-state index contributed by atoms with van der Waals surface area (Å²) >= 11 is 0. The summed E-state index contributed by atoms with van der Waals surface area (Å²) in [4.78, 5) is 23.9. The number of amides is 2. The van der Waals surface area contributed by atoms with Crippen molar-refractivity contribution in [2.24, 2.45) is 0 Å². The van der Waals surface area contributed by atoms with Gasteiger partial charge in [-0.1, -0.05) is 29.8 Å². The number of rotatable bonds is 5. The van der Waals surface area contributed by atoms with E-state index in [0.29, 0.717) is 5.69 Å². The second-order valence-electron chi connectivity index (χ2n) is 5.97. The van der Waals surface area contributed by atoms with Crippen molar-refractivity contribution in [3.05, 3.63) is 59.7 Å². The zero-order valence-electron chi connectivity index (χ0n) is 14.6.